The molecule has 0 aliphatic rings. The fourth-order valence-corrected chi connectivity index (χ4v) is 10.6. The van der Waals surface area contributed by atoms with Crippen LogP contribution in [-0.4, -0.2) is 72.7 Å². The summed E-state index contributed by atoms with van der Waals surface area (Å²) < 4.78 is 5.22. The van der Waals surface area contributed by atoms with Gasteiger partial charge < -0.3 is 36.2 Å². The van der Waals surface area contributed by atoms with Crippen molar-refractivity contribution >= 4 is 97.2 Å². The van der Waals surface area contributed by atoms with E-state index in [0.29, 0.717) is 84.2 Å². The number of nitrogens with two attached hydrogens (primary N) is 1. The second-order valence-electron chi connectivity index (χ2n) is 19.2. The number of nitrogens with one attached hydrogen (secondary N) is 3. The van der Waals surface area contributed by atoms with E-state index >= 15 is 0 Å². The highest BCUT2D eigenvalue weighted by molar-refractivity contribution is 7.16. The Balaban J connectivity index is 0.000000743. The molecule has 77 heavy (non-hydrogen) atoms. The van der Waals surface area contributed by atoms with Gasteiger partial charge >= 0.3 is 6.09 Å². The summed E-state index contributed by atoms with van der Waals surface area (Å²) in [7, 11) is 0. The van der Waals surface area contributed by atoms with Gasteiger partial charge in [0, 0.05) is 86.1 Å². The van der Waals surface area contributed by atoms with Crippen molar-refractivity contribution in [1.82, 2.24) is 25.9 Å². The third-order valence-electron chi connectivity index (χ3n) is 10.7. The molecule has 424 valence electrons. The fourth-order valence-electron chi connectivity index (χ4n) is 7.34. The van der Waals surface area contributed by atoms with Crippen molar-refractivity contribution in [2.45, 2.75) is 123 Å². The van der Waals surface area contributed by atoms with Crippen LogP contribution in [0.4, 0.5) is 15.1 Å². The van der Waals surface area contributed by atoms with Gasteiger partial charge in [-0.1, -0.05) is 177 Å². The van der Waals surface area contributed by atoms with Gasteiger partial charge in [-0.3, -0.25) is 9.59 Å². The molecule has 0 atom stereocenters. The second-order valence-corrected chi connectivity index (χ2v) is 23.0. The van der Waals surface area contributed by atoms with Crippen molar-refractivity contribution in [3.8, 4) is 22.5 Å². The largest absolute Gasteiger partial charge is 0.444 e. The average molecular weight is 1180 g/mol. The molecule has 6 rings (SSSR count). The van der Waals surface area contributed by atoms with Gasteiger partial charge in [-0.25, -0.2) is 14.8 Å². The summed E-state index contributed by atoms with van der Waals surface area (Å²) in [5.41, 5.74) is 10.9. The molecule has 5 N–H and O–H groups in total. The number of halogens is 4. The van der Waals surface area contributed by atoms with E-state index < -0.39 is 11.7 Å². The van der Waals surface area contributed by atoms with Crippen LogP contribution in [0.25, 0.3) is 22.5 Å². The molecule has 0 unspecified atom stereocenters. The number of carbonyl (C=O) groups is 3. The van der Waals surface area contributed by atoms with Crippen molar-refractivity contribution in [2.24, 2.45) is 17.6 Å². The molecular formula is C59H84Cl4N8O4S2. The van der Waals surface area contributed by atoms with Crippen molar-refractivity contribution in [3.63, 3.8) is 0 Å². The highest BCUT2D eigenvalue weighted by Crippen LogP contribution is 2.39. The molecule has 4 aromatic carbocycles. The first-order chi connectivity index (χ1) is 34.8. The number of nitrogens with zero attached hydrogens (tertiary/aromatic N) is 4. The highest BCUT2D eigenvalue weighted by atomic mass is 35.5. The molecule has 0 bridgehead atoms. The molecule has 2 aromatic heterocycles. The Morgan fingerprint density at radius 2 is 0.974 bits per heavy atom. The zero-order valence-electron chi connectivity index (χ0n) is 42.7. The summed E-state index contributed by atoms with van der Waals surface area (Å²) >= 11 is 28.3. The fraction of sp³-hybridized carbons (Fsp3) is 0.441. The van der Waals surface area contributed by atoms with Gasteiger partial charge in [-0.2, -0.15) is 0 Å². The lowest BCUT2D eigenvalue weighted by Gasteiger charge is -2.22. The van der Waals surface area contributed by atoms with E-state index in [4.69, 9.17) is 66.8 Å². The predicted octanol–water partition coefficient (Wildman–Crippen LogP) is 15.7. The van der Waals surface area contributed by atoms with Gasteiger partial charge in [0.15, 0.2) is 10.3 Å². The quantitative estimate of drug-likeness (QED) is 0.0459. The van der Waals surface area contributed by atoms with Crippen LogP contribution >= 0.6 is 69.1 Å². The number of aromatic nitrogens is 2. The number of thiazole rings is 2. The van der Waals surface area contributed by atoms with E-state index in [1.807, 2.05) is 60.7 Å². The Morgan fingerprint density at radius 3 is 1.34 bits per heavy atom. The van der Waals surface area contributed by atoms with Gasteiger partial charge in [0.1, 0.15) is 5.60 Å². The number of ether oxygens (including phenoxy) is 1. The third kappa shape index (κ3) is 23.9. The molecule has 3 amide bonds. The highest BCUT2D eigenvalue weighted by Gasteiger charge is 2.23. The van der Waals surface area contributed by atoms with Gasteiger partial charge in [-0.05, 0) is 80.8 Å². The second kappa shape index (κ2) is 34.8. The van der Waals surface area contributed by atoms with Crippen LogP contribution in [0.3, 0.4) is 0 Å². The first kappa shape index (κ1) is 70.1. The van der Waals surface area contributed by atoms with Gasteiger partial charge in [0.2, 0.25) is 11.8 Å². The lowest BCUT2D eigenvalue weighted by Crippen LogP contribution is -2.38. The maximum Gasteiger partial charge on any atom is 0.407 e. The first-order valence-electron chi connectivity index (χ1n) is 24.5. The summed E-state index contributed by atoms with van der Waals surface area (Å²) in [4.78, 5) is 53.5. The molecule has 2 heterocycles. The third-order valence-corrected chi connectivity index (χ3v) is 14.5. The molecule has 0 aliphatic heterocycles. The number of alkyl carbamates (subject to hydrolysis) is 1. The molecule has 0 spiro atoms. The Bertz CT molecular complexity index is 2700. The topological polar surface area (TPSA) is 155 Å². The van der Waals surface area contributed by atoms with E-state index in [-0.39, 0.29) is 54.5 Å². The number of anilines is 2. The Hall–Kier alpha value is -4.93. The standard InChI is InChI=1S/C30H38Cl2N4O3S.C25H30Cl2N4OS.4CH4/c1-20(2)17-25-27(22-11-12-23(31)24(32)18-22)35-28(40-25)36(19-21-9-7-6-8-10-21)16-13-26(37)33-14-15-34-29(38)39-30(3,4)5;1-17(2)14-22-24(19-8-9-20(26)21(27)15-19)30-25(33-22)31(13-10-23(32)29-12-11-28)16-18-6-4-3-5-7-18;;;;/h6-12,18,20H,13-17,19H2,1-5H3,(H,33,37)(H,34,38);3-9,15,17H,10-14,16,28H2,1-2H3,(H,29,32);4*1H4. The van der Waals surface area contributed by atoms with Gasteiger partial charge in [-0.15, -0.1) is 22.7 Å². The van der Waals surface area contributed by atoms with Crippen LogP contribution in [0.1, 0.15) is 112 Å². The molecule has 0 saturated carbocycles. The van der Waals surface area contributed by atoms with Crippen LogP contribution in [0.2, 0.25) is 20.1 Å². The van der Waals surface area contributed by atoms with Gasteiger partial charge in [0.05, 0.1) is 31.5 Å². The molecule has 12 nitrogen and oxygen atoms in total. The van der Waals surface area contributed by atoms with Crippen molar-refractivity contribution in [2.75, 3.05) is 49.1 Å². The van der Waals surface area contributed by atoms with E-state index in [0.717, 1.165) is 56.7 Å². The van der Waals surface area contributed by atoms with E-state index in [9.17, 15) is 14.4 Å². The molecule has 6 aromatic rings. The van der Waals surface area contributed by atoms with Gasteiger partial charge in [0.25, 0.3) is 0 Å². The van der Waals surface area contributed by atoms with E-state index in [1.165, 1.54) is 9.75 Å². The van der Waals surface area contributed by atoms with Crippen molar-refractivity contribution < 1.29 is 19.1 Å². The average Bonchev–Trinajstić information content (AvgIpc) is 3.95. The minimum absolute atomic E-state index is 0. The minimum Gasteiger partial charge on any atom is -0.444 e. The minimum atomic E-state index is -0.569. The maximum absolute atomic E-state index is 12.7. The van der Waals surface area contributed by atoms with Crippen LogP contribution in [0, 0.1) is 11.8 Å². The number of amides is 3. The number of hydrogen-bond donors (Lipinski definition) is 4. The maximum atomic E-state index is 12.7. The van der Waals surface area contributed by atoms with E-state index in [2.05, 4.69) is 77.7 Å². The molecule has 0 saturated heterocycles. The zero-order chi connectivity index (χ0) is 53.1. The summed E-state index contributed by atoms with van der Waals surface area (Å²) in [5.74, 6) is 0.803. The monoisotopic (exact) mass is 1170 g/mol. The van der Waals surface area contributed by atoms with Crippen molar-refractivity contribution in [1.29, 1.82) is 0 Å². The van der Waals surface area contributed by atoms with Crippen LogP contribution in [-0.2, 0) is 40.3 Å². The number of carbonyl (C=O) groups excluding carboxylic acids is 3. The van der Waals surface area contributed by atoms with Crippen LogP contribution < -0.4 is 31.5 Å². The normalized spacial score (nSPS) is 10.7. The first-order valence-corrected chi connectivity index (χ1v) is 27.6. The number of hydrogen-bond acceptors (Lipinski definition) is 11. The number of rotatable bonds is 23. The molecule has 0 radical (unpaired) electrons. The Kier molecular flexibility index (Phi) is 31.7. The molecule has 18 heteroatoms. The Morgan fingerprint density at radius 1 is 0.584 bits per heavy atom. The van der Waals surface area contributed by atoms with Crippen LogP contribution in [0.15, 0.2) is 97.1 Å². The molecule has 0 aliphatic carbocycles. The predicted molar refractivity (Wildman–Crippen MR) is 333 cm³/mol. The van der Waals surface area contributed by atoms with Crippen molar-refractivity contribution in [3.05, 3.63) is 138 Å². The molecule has 0 fully saturated rings. The molecular weight excluding hydrogens is 1090 g/mol. The Labute approximate surface area is 488 Å². The summed E-state index contributed by atoms with van der Waals surface area (Å²) in [6.45, 7) is 18.0. The SMILES string of the molecule is C.C.C.C.CC(C)Cc1sc(N(CCC(=O)NCCN)Cc2ccccc2)nc1-c1ccc(Cl)c(Cl)c1.CC(C)Cc1sc(N(CCC(=O)NCCNC(=O)OC(C)(C)C)Cc2ccccc2)nc1-c1ccc(Cl)c(Cl)c1. The number of benzene rings is 4. The summed E-state index contributed by atoms with van der Waals surface area (Å²) in [6, 6.07) is 31.6. The van der Waals surface area contributed by atoms with Crippen LogP contribution in [0.5, 0.6) is 0 Å². The summed E-state index contributed by atoms with van der Waals surface area (Å²) in [5, 5.41) is 12.1. The lowest BCUT2D eigenvalue weighted by atomic mass is 10.0. The van der Waals surface area contributed by atoms with E-state index in [1.54, 1.807) is 55.6 Å². The smallest absolute Gasteiger partial charge is 0.407 e. The summed E-state index contributed by atoms with van der Waals surface area (Å²) in [6.07, 6.45) is 1.92. The zero-order valence-corrected chi connectivity index (χ0v) is 47.4. The lowest BCUT2D eigenvalue weighted by molar-refractivity contribution is -0.121.